The standard InChI is InChI=1S/C25H25ClN2O5/c1-5-6-18-13-19(26)14-21(23(18)32-11-12-33-24(29)16(2)3)22(25(30)31-4)28-20-9-7-17(15-27)8-10-20/h5,7-10,13-14,22,28H,1-2,6,11-12H2,3-4H3. The van der Waals surface area contributed by atoms with Crippen LogP contribution in [0.5, 0.6) is 5.75 Å². The molecule has 0 saturated heterocycles. The van der Waals surface area contributed by atoms with E-state index in [1.807, 2.05) is 6.07 Å². The number of ether oxygens (including phenoxy) is 3. The van der Waals surface area contributed by atoms with E-state index in [1.54, 1.807) is 49.4 Å². The SMILES string of the molecule is C=CCc1cc(Cl)cc(C(Nc2ccc(C#N)cc2)C(=O)OC)c1OCCOC(=O)C(=C)C. The van der Waals surface area contributed by atoms with E-state index in [0.717, 1.165) is 0 Å². The van der Waals surface area contributed by atoms with Crippen LogP contribution in [0.3, 0.4) is 0 Å². The van der Waals surface area contributed by atoms with Crippen LogP contribution in [0, 0.1) is 11.3 Å². The second-order valence-electron chi connectivity index (χ2n) is 7.03. The molecule has 1 N–H and O–H groups in total. The van der Waals surface area contributed by atoms with Crippen molar-refractivity contribution in [3.05, 3.63) is 82.9 Å². The highest BCUT2D eigenvalue weighted by Gasteiger charge is 2.27. The number of hydrogen-bond acceptors (Lipinski definition) is 7. The number of esters is 2. The summed E-state index contributed by atoms with van der Waals surface area (Å²) in [5.74, 6) is -0.678. The second-order valence-corrected chi connectivity index (χ2v) is 7.47. The van der Waals surface area contributed by atoms with Gasteiger partial charge in [0.1, 0.15) is 19.0 Å². The van der Waals surface area contributed by atoms with Crippen LogP contribution in [0.2, 0.25) is 5.02 Å². The molecule has 172 valence electrons. The van der Waals surface area contributed by atoms with Gasteiger partial charge in [-0.25, -0.2) is 9.59 Å². The lowest BCUT2D eigenvalue weighted by Crippen LogP contribution is -2.24. The number of nitrogens with one attached hydrogen (secondary N) is 1. The molecule has 2 aromatic carbocycles. The highest BCUT2D eigenvalue weighted by molar-refractivity contribution is 6.30. The van der Waals surface area contributed by atoms with E-state index in [-0.39, 0.29) is 18.8 Å². The fraction of sp³-hybridized carbons (Fsp3) is 0.240. The Labute approximate surface area is 198 Å². The van der Waals surface area contributed by atoms with E-state index in [2.05, 4.69) is 18.5 Å². The second kappa shape index (κ2) is 12.3. The van der Waals surface area contributed by atoms with Gasteiger partial charge in [0.15, 0.2) is 6.04 Å². The highest BCUT2D eigenvalue weighted by atomic mass is 35.5. The van der Waals surface area contributed by atoms with Gasteiger partial charge in [0.25, 0.3) is 0 Å². The summed E-state index contributed by atoms with van der Waals surface area (Å²) in [5, 5.41) is 12.5. The molecule has 0 aromatic heterocycles. The lowest BCUT2D eigenvalue weighted by molar-refractivity contribution is -0.141. The summed E-state index contributed by atoms with van der Waals surface area (Å²) in [7, 11) is 1.28. The molecule has 33 heavy (non-hydrogen) atoms. The van der Waals surface area contributed by atoms with Crippen LogP contribution in [-0.4, -0.2) is 32.3 Å². The van der Waals surface area contributed by atoms with E-state index < -0.39 is 18.0 Å². The molecule has 8 heteroatoms. The summed E-state index contributed by atoms with van der Waals surface area (Å²) >= 11 is 6.35. The van der Waals surface area contributed by atoms with E-state index in [0.29, 0.717) is 39.6 Å². The van der Waals surface area contributed by atoms with Gasteiger partial charge in [-0.15, -0.1) is 6.58 Å². The van der Waals surface area contributed by atoms with Gasteiger partial charge in [0.05, 0.1) is 18.7 Å². The van der Waals surface area contributed by atoms with Crippen molar-refractivity contribution in [2.75, 3.05) is 25.6 Å². The van der Waals surface area contributed by atoms with Crippen LogP contribution in [0.15, 0.2) is 61.2 Å². The Morgan fingerprint density at radius 3 is 2.52 bits per heavy atom. The number of nitrogens with zero attached hydrogens (tertiary/aromatic N) is 1. The van der Waals surface area contributed by atoms with E-state index in [1.165, 1.54) is 7.11 Å². The van der Waals surface area contributed by atoms with Gasteiger partial charge in [-0.3, -0.25) is 0 Å². The first kappa shape index (κ1) is 25.5. The van der Waals surface area contributed by atoms with Crippen LogP contribution in [-0.2, 0) is 25.5 Å². The minimum atomic E-state index is -0.960. The molecule has 0 fully saturated rings. The summed E-state index contributed by atoms with van der Waals surface area (Å²) in [6.45, 7) is 8.89. The van der Waals surface area contributed by atoms with Gasteiger partial charge >= 0.3 is 11.9 Å². The monoisotopic (exact) mass is 468 g/mol. The normalized spacial score (nSPS) is 11.0. The van der Waals surface area contributed by atoms with Gasteiger partial charge < -0.3 is 19.5 Å². The predicted molar refractivity (Wildman–Crippen MR) is 126 cm³/mol. The van der Waals surface area contributed by atoms with Gasteiger partial charge in [-0.2, -0.15) is 5.26 Å². The molecule has 2 rings (SSSR count). The van der Waals surface area contributed by atoms with Crippen molar-refractivity contribution in [2.45, 2.75) is 19.4 Å². The third-order valence-corrected chi connectivity index (χ3v) is 4.73. The van der Waals surface area contributed by atoms with Crippen molar-refractivity contribution in [3.63, 3.8) is 0 Å². The molecule has 0 spiro atoms. The maximum Gasteiger partial charge on any atom is 0.333 e. The summed E-state index contributed by atoms with van der Waals surface area (Å²) < 4.78 is 16.1. The quantitative estimate of drug-likeness (QED) is 0.219. The fourth-order valence-corrected chi connectivity index (χ4v) is 3.21. The maximum absolute atomic E-state index is 12.7. The molecule has 0 amide bonds. The van der Waals surface area contributed by atoms with Crippen LogP contribution in [0.1, 0.15) is 29.7 Å². The summed E-state index contributed by atoms with van der Waals surface area (Å²) in [5.41, 5.74) is 2.51. The zero-order valence-corrected chi connectivity index (χ0v) is 19.3. The average Bonchev–Trinajstić information content (AvgIpc) is 2.80. The number of carbonyl (C=O) groups excluding carboxylic acids is 2. The predicted octanol–water partition coefficient (Wildman–Crippen LogP) is 4.76. The van der Waals surface area contributed by atoms with Crippen LogP contribution in [0.25, 0.3) is 0 Å². The van der Waals surface area contributed by atoms with Crippen molar-refractivity contribution in [1.82, 2.24) is 0 Å². The molecule has 1 unspecified atom stereocenters. The smallest absolute Gasteiger partial charge is 0.333 e. The lowest BCUT2D eigenvalue weighted by atomic mass is 9.99. The van der Waals surface area contributed by atoms with Crippen LogP contribution < -0.4 is 10.1 Å². The molecular formula is C25H25ClN2O5. The molecule has 7 nitrogen and oxygen atoms in total. The number of hydrogen-bond donors (Lipinski definition) is 1. The maximum atomic E-state index is 12.7. The lowest BCUT2D eigenvalue weighted by Gasteiger charge is -2.23. The topological polar surface area (TPSA) is 97.7 Å². The number of nitriles is 1. The Morgan fingerprint density at radius 1 is 1.24 bits per heavy atom. The van der Waals surface area contributed by atoms with Crippen molar-refractivity contribution in [2.24, 2.45) is 0 Å². The number of anilines is 1. The molecule has 0 aliphatic carbocycles. The third kappa shape index (κ3) is 7.13. The number of carbonyl (C=O) groups is 2. The first-order valence-electron chi connectivity index (χ1n) is 10.0. The van der Waals surface area contributed by atoms with E-state index in [9.17, 15) is 9.59 Å². The van der Waals surface area contributed by atoms with Crippen molar-refractivity contribution >= 4 is 29.2 Å². The number of methoxy groups -OCH3 is 1. The molecule has 0 radical (unpaired) electrons. The zero-order chi connectivity index (χ0) is 24.4. The number of rotatable bonds is 11. The molecular weight excluding hydrogens is 444 g/mol. The fourth-order valence-electron chi connectivity index (χ4n) is 2.96. The Kier molecular flexibility index (Phi) is 9.52. The first-order valence-corrected chi connectivity index (χ1v) is 10.4. The number of allylic oxidation sites excluding steroid dienone is 1. The van der Waals surface area contributed by atoms with Crippen LogP contribution >= 0.6 is 11.6 Å². The molecule has 0 bridgehead atoms. The Balaban J connectivity index is 2.41. The Hall–Kier alpha value is -3.76. The minimum absolute atomic E-state index is 0.00672. The van der Waals surface area contributed by atoms with Crippen molar-refractivity contribution in [1.29, 1.82) is 5.26 Å². The minimum Gasteiger partial charge on any atom is -0.489 e. The van der Waals surface area contributed by atoms with Gasteiger partial charge in [-0.1, -0.05) is 24.3 Å². The molecule has 2 aromatic rings. The third-order valence-electron chi connectivity index (χ3n) is 4.51. The highest BCUT2D eigenvalue weighted by Crippen LogP contribution is 2.36. The number of benzene rings is 2. The van der Waals surface area contributed by atoms with Crippen LogP contribution in [0.4, 0.5) is 5.69 Å². The van der Waals surface area contributed by atoms with Gasteiger partial charge in [0, 0.05) is 21.8 Å². The molecule has 1 atom stereocenters. The van der Waals surface area contributed by atoms with Gasteiger partial charge in [0.2, 0.25) is 0 Å². The zero-order valence-electron chi connectivity index (χ0n) is 18.5. The Bertz CT molecular complexity index is 1070. The van der Waals surface area contributed by atoms with E-state index in [4.69, 9.17) is 31.1 Å². The summed E-state index contributed by atoms with van der Waals surface area (Å²) in [6, 6.07) is 11.0. The first-order chi connectivity index (χ1) is 15.8. The van der Waals surface area contributed by atoms with Crippen molar-refractivity contribution < 1.29 is 23.8 Å². The molecule has 0 aliphatic rings. The van der Waals surface area contributed by atoms with E-state index >= 15 is 0 Å². The summed E-state index contributed by atoms with van der Waals surface area (Å²) in [4.78, 5) is 24.4. The van der Waals surface area contributed by atoms with Crippen molar-refractivity contribution in [3.8, 4) is 11.8 Å². The molecule has 0 aliphatic heterocycles. The Morgan fingerprint density at radius 2 is 1.94 bits per heavy atom. The molecule has 0 heterocycles. The van der Waals surface area contributed by atoms with Gasteiger partial charge in [-0.05, 0) is 55.3 Å². The average molecular weight is 469 g/mol. The number of halogens is 1. The largest absolute Gasteiger partial charge is 0.489 e. The summed E-state index contributed by atoms with van der Waals surface area (Å²) in [6.07, 6.45) is 2.11. The molecule has 0 saturated carbocycles.